The van der Waals surface area contributed by atoms with Crippen molar-refractivity contribution in [2.24, 2.45) is 5.92 Å². The monoisotopic (exact) mass is 568 g/mol. The van der Waals surface area contributed by atoms with Crippen LogP contribution >= 0.6 is 0 Å². The second-order valence-corrected chi connectivity index (χ2v) is 10.0. The SMILES string of the molecule is O=C(Oc1ccc([N+](=O)[O-])cc1)OC1C=C=C(C(=O)N2CCC(c3ccccc3)C2)C(C(=O)OCc2ccccc2)C1. The van der Waals surface area contributed by atoms with Crippen LogP contribution in [-0.2, 0) is 25.7 Å². The van der Waals surface area contributed by atoms with Crippen molar-refractivity contribution in [1.82, 2.24) is 4.90 Å². The van der Waals surface area contributed by atoms with Gasteiger partial charge in [-0.25, -0.2) is 4.79 Å². The Hall–Kier alpha value is -5.21. The molecule has 1 heterocycles. The van der Waals surface area contributed by atoms with Crippen LogP contribution in [0, 0.1) is 16.0 Å². The number of ether oxygens (including phenoxy) is 3. The van der Waals surface area contributed by atoms with E-state index in [0.29, 0.717) is 13.1 Å². The number of nitro groups is 1. The molecule has 2 aliphatic rings. The number of carbonyl (C=O) groups excluding carboxylic acids is 3. The summed E-state index contributed by atoms with van der Waals surface area (Å²) in [7, 11) is 0. The van der Waals surface area contributed by atoms with Gasteiger partial charge >= 0.3 is 12.1 Å². The maximum Gasteiger partial charge on any atom is 0.514 e. The summed E-state index contributed by atoms with van der Waals surface area (Å²) in [5.41, 5.74) is 4.86. The molecular formula is C32H28N2O8. The lowest BCUT2D eigenvalue weighted by molar-refractivity contribution is -0.384. The van der Waals surface area contributed by atoms with Crippen molar-refractivity contribution in [2.45, 2.75) is 31.5 Å². The fourth-order valence-electron chi connectivity index (χ4n) is 5.03. The Balaban J connectivity index is 1.30. The molecule has 0 N–H and O–H groups in total. The van der Waals surface area contributed by atoms with Crippen LogP contribution in [0.4, 0.5) is 10.5 Å². The number of nitrogens with zero attached hydrogens (tertiary/aromatic N) is 2. The molecule has 0 radical (unpaired) electrons. The number of hydrogen-bond donors (Lipinski definition) is 0. The van der Waals surface area contributed by atoms with Crippen molar-refractivity contribution in [2.75, 3.05) is 13.1 Å². The number of esters is 1. The summed E-state index contributed by atoms with van der Waals surface area (Å²) < 4.78 is 16.1. The fourth-order valence-corrected chi connectivity index (χ4v) is 5.03. The van der Waals surface area contributed by atoms with Crippen LogP contribution in [0.15, 0.2) is 102 Å². The average molecular weight is 569 g/mol. The van der Waals surface area contributed by atoms with Gasteiger partial charge in [-0.3, -0.25) is 19.7 Å². The zero-order valence-corrected chi connectivity index (χ0v) is 22.6. The maximum absolute atomic E-state index is 13.6. The van der Waals surface area contributed by atoms with Crippen LogP contribution in [-0.4, -0.2) is 47.0 Å². The third-order valence-corrected chi connectivity index (χ3v) is 7.22. The fraction of sp³-hybridized carbons (Fsp3) is 0.250. The van der Waals surface area contributed by atoms with Crippen molar-refractivity contribution in [1.29, 1.82) is 0 Å². The van der Waals surface area contributed by atoms with E-state index in [2.05, 4.69) is 5.73 Å². The summed E-state index contributed by atoms with van der Waals surface area (Å²) in [6.45, 7) is 1.08. The number of nitro benzene ring substituents is 1. The van der Waals surface area contributed by atoms with Crippen molar-refractivity contribution in [3.63, 3.8) is 0 Å². The van der Waals surface area contributed by atoms with Crippen LogP contribution in [0.2, 0.25) is 0 Å². The highest BCUT2D eigenvalue weighted by Crippen LogP contribution is 2.32. The highest BCUT2D eigenvalue weighted by atomic mass is 16.7. The molecule has 3 atom stereocenters. The zero-order chi connectivity index (χ0) is 29.5. The van der Waals surface area contributed by atoms with Gasteiger partial charge < -0.3 is 19.1 Å². The topological polar surface area (TPSA) is 125 Å². The molecule has 1 aliphatic heterocycles. The highest BCUT2D eigenvalue weighted by Gasteiger charge is 2.38. The van der Waals surface area contributed by atoms with Crippen molar-refractivity contribution < 1.29 is 33.5 Å². The van der Waals surface area contributed by atoms with E-state index in [1.54, 1.807) is 4.90 Å². The third kappa shape index (κ3) is 6.92. The lowest BCUT2D eigenvalue weighted by atomic mass is 9.88. The molecule has 0 spiro atoms. The molecule has 1 amide bonds. The van der Waals surface area contributed by atoms with Gasteiger partial charge in [0, 0.05) is 37.6 Å². The maximum atomic E-state index is 13.6. The number of rotatable bonds is 8. The Kier molecular flexibility index (Phi) is 8.75. The van der Waals surface area contributed by atoms with Crippen LogP contribution in [0.1, 0.15) is 29.9 Å². The Morgan fingerprint density at radius 1 is 0.952 bits per heavy atom. The van der Waals surface area contributed by atoms with E-state index in [1.165, 1.54) is 30.3 Å². The number of hydrogen-bond acceptors (Lipinski definition) is 8. The first-order valence-corrected chi connectivity index (χ1v) is 13.5. The van der Waals surface area contributed by atoms with Gasteiger partial charge in [-0.05, 0) is 35.8 Å². The normalized spacial score (nSPS) is 19.5. The minimum absolute atomic E-state index is 0.0227. The number of non-ortho nitro benzene ring substituents is 1. The molecule has 1 fully saturated rings. The van der Waals surface area contributed by atoms with Crippen LogP contribution < -0.4 is 4.74 Å². The number of carbonyl (C=O) groups is 3. The van der Waals surface area contributed by atoms with Gasteiger partial charge in [0.05, 0.1) is 16.4 Å². The van der Waals surface area contributed by atoms with Crippen molar-refractivity contribution in [3.8, 4) is 5.75 Å². The molecule has 3 unspecified atom stereocenters. The van der Waals surface area contributed by atoms with E-state index >= 15 is 0 Å². The summed E-state index contributed by atoms with van der Waals surface area (Å²) in [6, 6.07) is 24.1. The molecule has 42 heavy (non-hydrogen) atoms. The van der Waals surface area contributed by atoms with E-state index in [0.717, 1.165) is 17.5 Å². The Bertz CT molecular complexity index is 1520. The lowest BCUT2D eigenvalue weighted by Gasteiger charge is -2.26. The molecule has 5 rings (SSSR count). The molecule has 10 heteroatoms. The average Bonchev–Trinajstić information content (AvgIpc) is 3.51. The Morgan fingerprint density at radius 3 is 2.33 bits per heavy atom. The quantitative estimate of drug-likeness (QED) is 0.117. The minimum atomic E-state index is -1.07. The summed E-state index contributed by atoms with van der Waals surface area (Å²) in [4.78, 5) is 51.4. The lowest BCUT2D eigenvalue weighted by Crippen LogP contribution is -2.37. The number of amides is 1. The molecular weight excluding hydrogens is 540 g/mol. The van der Waals surface area contributed by atoms with Gasteiger partial charge in [0.2, 0.25) is 0 Å². The zero-order valence-electron chi connectivity index (χ0n) is 22.6. The van der Waals surface area contributed by atoms with Crippen molar-refractivity contribution in [3.05, 3.63) is 124 Å². The second-order valence-electron chi connectivity index (χ2n) is 10.0. The van der Waals surface area contributed by atoms with Crippen LogP contribution in [0.3, 0.4) is 0 Å². The number of benzene rings is 3. The first-order chi connectivity index (χ1) is 20.4. The second kappa shape index (κ2) is 13.0. The first kappa shape index (κ1) is 28.3. The smallest absolute Gasteiger partial charge is 0.460 e. The van der Waals surface area contributed by atoms with Gasteiger partial charge in [0.1, 0.15) is 18.5 Å². The Morgan fingerprint density at radius 2 is 1.64 bits per heavy atom. The summed E-state index contributed by atoms with van der Waals surface area (Å²) >= 11 is 0. The molecule has 1 saturated heterocycles. The van der Waals surface area contributed by atoms with E-state index in [1.807, 2.05) is 60.7 Å². The van der Waals surface area contributed by atoms with Gasteiger partial charge in [0.25, 0.3) is 11.6 Å². The Labute approximate surface area is 242 Å². The van der Waals surface area contributed by atoms with E-state index < -0.39 is 29.1 Å². The van der Waals surface area contributed by atoms with Gasteiger partial charge in [-0.2, -0.15) is 0 Å². The molecule has 10 nitrogen and oxygen atoms in total. The summed E-state index contributed by atoms with van der Waals surface area (Å²) in [6.07, 6.45) is 0.208. The van der Waals surface area contributed by atoms with Gasteiger partial charge in [0.15, 0.2) is 0 Å². The minimum Gasteiger partial charge on any atom is -0.460 e. The van der Waals surface area contributed by atoms with Gasteiger partial charge in [-0.15, -0.1) is 5.73 Å². The number of likely N-dealkylation sites (tertiary alicyclic amines) is 1. The molecule has 3 aromatic carbocycles. The third-order valence-electron chi connectivity index (χ3n) is 7.22. The standard InChI is InChI=1S/C32H28N2O8/c35-30(33-18-17-24(20-33)23-9-5-2-6-10-23)28-16-15-27(19-29(28)31(36)40-21-22-7-3-1-4-8-22)42-32(37)41-26-13-11-25(12-14-26)34(38)39/h1-15,24,27,29H,17-21H2. The predicted molar refractivity (Wildman–Crippen MR) is 150 cm³/mol. The molecule has 1 aliphatic carbocycles. The largest absolute Gasteiger partial charge is 0.514 e. The van der Waals surface area contributed by atoms with E-state index in [9.17, 15) is 24.5 Å². The van der Waals surface area contributed by atoms with Crippen LogP contribution in [0.25, 0.3) is 0 Å². The molecule has 0 saturated carbocycles. The molecule has 3 aromatic rings. The van der Waals surface area contributed by atoms with Crippen molar-refractivity contribution >= 4 is 23.7 Å². The van der Waals surface area contributed by atoms with E-state index in [4.69, 9.17) is 14.2 Å². The molecule has 0 aromatic heterocycles. The van der Waals surface area contributed by atoms with Gasteiger partial charge in [-0.1, -0.05) is 60.7 Å². The predicted octanol–water partition coefficient (Wildman–Crippen LogP) is 5.34. The molecule has 214 valence electrons. The summed E-state index contributed by atoms with van der Waals surface area (Å²) in [5.74, 6) is -1.70. The summed E-state index contributed by atoms with van der Waals surface area (Å²) in [5, 5.41) is 10.8. The van der Waals surface area contributed by atoms with Crippen LogP contribution in [0.5, 0.6) is 5.75 Å². The van der Waals surface area contributed by atoms with E-state index in [-0.39, 0.29) is 41.9 Å². The molecule has 0 bridgehead atoms. The highest BCUT2D eigenvalue weighted by molar-refractivity contribution is 5.99. The first-order valence-electron chi connectivity index (χ1n) is 13.5.